The summed E-state index contributed by atoms with van der Waals surface area (Å²) in [5.74, 6) is 0.167. The Hall–Kier alpha value is -3.46. The first-order valence-corrected chi connectivity index (χ1v) is 9.94. The SMILES string of the molecule is CN(C)c1ccc(C=C2SC(=O)N(CC(=O)Nc3ccc4c(c3)OCO4)C2=O)cc1. The van der Waals surface area contributed by atoms with Crippen molar-refractivity contribution in [1.29, 1.82) is 0 Å². The van der Waals surface area contributed by atoms with Crippen molar-refractivity contribution in [2.45, 2.75) is 0 Å². The zero-order valence-corrected chi connectivity index (χ0v) is 17.2. The van der Waals surface area contributed by atoms with Crippen LogP contribution in [0.3, 0.4) is 0 Å². The molecule has 154 valence electrons. The molecule has 8 nitrogen and oxygen atoms in total. The summed E-state index contributed by atoms with van der Waals surface area (Å²) < 4.78 is 10.5. The van der Waals surface area contributed by atoms with Gasteiger partial charge in [-0.15, -0.1) is 0 Å². The molecule has 0 saturated carbocycles. The van der Waals surface area contributed by atoms with E-state index < -0.39 is 17.1 Å². The van der Waals surface area contributed by atoms with Crippen molar-refractivity contribution in [3.8, 4) is 11.5 Å². The lowest BCUT2D eigenvalue weighted by Gasteiger charge is -2.13. The second-order valence-electron chi connectivity index (χ2n) is 6.87. The number of rotatable bonds is 5. The molecule has 9 heteroatoms. The van der Waals surface area contributed by atoms with Gasteiger partial charge in [-0.3, -0.25) is 19.3 Å². The molecule has 0 radical (unpaired) electrons. The van der Waals surface area contributed by atoms with E-state index in [1.807, 2.05) is 43.3 Å². The second-order valence-corrected chi connectivity index (χ2v) is 7.86. The fraction of sp³-hybridized carbons (Fsp3) is 0.190. The zero-order valence-electron chi connectivity index (χ0n) is 16.4. The van der Waals surface area contributed by atoms with Crippen molar-refractivity contribution in [2.75, 3.05) is 37.6 Å². The fourth-order valence-corrected chi connectivity index (χ4v) is 3.81. The molecule has 2 heterocycles. The number of ether oxygens (including phenoxy) is 2. The minimum atomic E-state index is -0.484. The molecule has 2 aromatic carbocycles. The van der Waals surface area contributed by atoms with Gasteiger partial charge in [0, 0.05) is 31.5 Å². The van der Waals surface area contributed by atoms with Gasteiger partial charge < -0.3 is 19.7 Å². The zero-order chi connectivity index (χ0) is 21.3. The lowest BCUT2D eigenvalue weighted by Crippen LogP contribution is -2.36. The molecule has 0 aliphatic carbocycles. The molecule has 1 fully saturated rings. The Morgan fingerprint density at radius 2 is 1.87 bits per heavy atom. The van der Waals surface area contributed by atoms with E-state index in [0.717, 1.165) is 27.9 Å². The minimum Gasteiger partial charge on any atom is -0.454 e. The molecule has 0 atom stereocenters. The number of nitrogens with one attached hydrogen (secondary N) is 1. The highest BCUT2D eigenvalue weighted by molar-refractivity contribution is 8.18. The number of amides is 3. The molecule has 1 saturated heterocycles. The van der Waals surface area contributed by atoms with Gasteiger partial charge in [0.25, 0.3) is 11.1 Å². The third-order valence-electron chi connectivity index (χ3n) is 4.54. The van der Waals surface area contributed by atoms with Gasteiger partial charge >= 0.3 is 0 Å². The van der Waals surface area contributed by atoms with Crippen molar-refractivity contribution in [1.82, 2.24) is 4.90 Å². The molecular formula is C21H19N3O5S. The van der Waals surface area contributed by atoms with Crippen LogP contribution in [0.4, 0.5) is 16.2 Å². The third-order valence-corrected chi connectivity index (χ3v) is 5.45. The number of fused-ring (bicyclic) bond motifs is 1. The van der Waals surface area contributed by atoms with Crippen molar-refractivity contribution in [2.24, 2.45) is 0 Å². The quantitative estimate of drug-likeness (QED) is 0.736. The van der Waals surface area contributed by atoms with Crippen molar-refractivity contribution >= 4 is 46.3 Å². The second kappa shape index (κ2) is 8.11. The van der Waals surface area contributed by atoms with Gasteiger partial charge in [-0.1, -0.05) is 12.1 Å². The molecule has 4 rings (SSSR count). The van der Waals surface area contributed by atoms with Crippen LogP contribution in [0.2, 0.25) is 0 Å². The lowest BCUT2D eigenvalue weighted by atomic mass is 10.2. The van der Waals surface area contributed by atoms with Crippen LogP contribution in [0.5, 0.6) is 11.5 Å². The van der Waals surface area contributed by atoms with E-state index in [1.54, 1.807) is 24.3 Å². The Morgan fingerprint density at radius 1 is 1.13 bits per heavy atom. The number of thioether (sulfide) groups is 1. The standard InChI is InChI=1S/C21H19N3O5S/c1-23(2)15-6-3-13(4-7-15)9-18-20(26)24(21(27)30-18)11-19(25)22-14-5-8-16-17(10-14)29-12-28-16/h3-10H,11-12H2,1-2H3,(H,22,25). The maximum atomic E-state index is 12.6. The van der Waals surface area contributed by atoms with Crippen LogP contribution in [0.15, 0.2) is 47.4 Å². The van der Waals surface area contributed by atoms with Crippen LogP contribution in [0, 0.1) is 0 Å². The summed E-state index contributed by atoms with van der Waals surface area (Å²) in [7, 11) is 3.88. The van der Waals surface area contributed by atoms with E-state index in [-0.39, 0.29) is 18.2 Å². The Morgan fingerprint density at radius 3 is 2.60 bits per heavy atom. The molecule has 2 aliphatic heterocycles. The normalized spacial score (nSPS) is 16.3. The van der Waals surface area contributed by atoms with E-state index in [4.69, 9.17) is 9.47 Å². The smallest absolute Gasteiger partial charge is 0.294 e. The summed E-state index contributed by atoms with van der Waals surface area (Å²) in [5.41, 5.74) is 2.32. The van der Waals surface area contributed by atoms with Crippen LogP contribution in [-0.4, -0.2) is 49.4 Å². The average Bonchev–Trinajstić information content (AvgIpc) is 3.28. The molecule has 0 aromatic heterocycles. The molecule has 0 spiro atoms. The highest BCUT2D eigenvalue weighted by Crippen LogP contribution is 2.35. The highest BCUT2D eigenvalue weighted by atomic mass is 32.2. The van der Waals surface area contributed by atoms with Crippen molar-refractivity contribution < 1.29 is 23.9 Å². The van der Waals surface area contributed by atoms with Gasteiger partial charge in [0.15, 0.2) is 11.5 Å². The van der Waals surface area contributed by atoms with Gasteiger partial charge in [0.2, 0.25) is 12.7 Å². The third kappa shape index (κ3) is 4.11. The predicted octanol–water partition coefficient (Wildman–Crippen LogP) is 3.16. The first kappa shape index (κ1) is 19.8. The largest absolute Gasteiger partial charge is 0.454 e. The molecule has 3 amide bonds. The van der Waals surface area contributed by atoms with Crippen LogP contribution in [-0.2, 0) is 9.59 Å². The summed E-state index contributed by atoms with van der Waals surface area (Å²) in [5, 5.41) is 2.19. The van der Waals surface area contributed by atoms with Gasteiger partial charge in [0.1, 0.15) is 6.54 Å². The van der Waals surface area contributed by atoms with E-state index in [2.05, 4.69) is 5.32 Å². The van der Waals surface area contributed by atoms with Gasteiger partial charge in [-0.2, -0.15) is 0 Å². The van der Waals surface area contributed by atoms with E-state index in [1.165, 1.54) is 0 Å². The lowest BCUT2D eigenvalue weighted by molar-refractivity contribution is -0.127. The number of benzene rings is 2. The molecule has 30 heavy (non-hydrogen) atoms. The van der Waals surface area contributed by atoms with Crippen LogP contribution >= 0.6 is 11.8 Å². The predicted molar refractivity (Wildman–Crippen MR) is 115 cm³/mol. The maximum absolute atomic E-state index is 12.6. The van der Waals surface area contributed by atoms with Crippen molar-refractivity contribution in [3.05, 3.63) is 52.9 Å². The van der Waals surface area contributed by atoms with E-state index in [0.29, 0.717) is 17.2 Å². The number of carbonyl (C=O) groups is 3. The highest BCUT2D eigenvalue weighted by Gasteiger charge is 2.36. The first-order chi connectivity index (χ1) is 14.4. The van der Waals surface area contributed by atoms with Gasteiger partial charge in [-0.05, 0) is 47.7 Å². The molecule has 0 bridgehead atoms. The number of hydrogen-bond acceptors (Lipinski definition) is 7. The minimum absolute atomic E-state index is 0.133. The Bertz CT molecular complexity index is 1050. The summed E-state index contributed by atoms with van der Waals surface area (Å²) in [6.07, 6.45) is 1.65. The summed E-state index contributed by atoms with van der Waals surface area (Å²) in [4.78, 5) is 40.5. The number of anilines is 2. The number of hydrogen-bond donors (Lipinski definition) is 1. The topological polar surface area (TPSA) is 88.2 Å². The molecule has 2 aromatic rings. The molecular weight excluding hydrogens is 406 g/mol. The van der Waals surface area contributed by atoms with Crippen LogP contribution in [0.1, 0.15) is 5.56 Å². The summed E-state index contributed by atoms with van der Waals surface area (Å²) >= 11 is 0.823. The Labute approximate surface area is 177 Å². The average molecular weight is 425 g/mol. The van der Waals surface area contributed by atoms with E-state index >= 15 is 0 Å². The molecule has 0 unspecified atom stereocenters. The van der Waals surface area contributed by atoms with Gasteiger partial charge in [-0.25, -0.2) is 0 Å². The number of carbonyl (C=O) groups excluding carboxylic acids is 3. The summed E-state index contributed by atoms with van der Waals surface area (Å²) in [6, 6.07) is 12.6. The van der Waals surface area contributed by atoms with E-state index in [9.17, 15) is 14.4 Å². The molecule has 2 aliphatic rings. The Balaban J connectivity index is 1.41. The molecule has 1 N–H and O–H groups in total. The monoisotopic (exact) mass is 425 g/mol. The van der Waals surface area contributed by atoms with Crippen LogP contribution < -0.4 is 19.7 Å². The first-order valence-electron chi connectivity index (χ1n) is 9.13. The maximum Gasteiger partial charge on any atom is 0.294 e. The fourth-order valence-electron chi connectivity index (χ4n) is 2.97. The number of nitrogens with zero attached hydrogens (tertiary/aromatic N) is 2. The number of imide groups is 1. The van der Waals surface area contributed by atoms with Crippen molar-refractivity contribution in [3.63, 3.8) is 0 Å². The van der Waals surface area contributed by atoms with Crippen LogP contribution in [0.25, 0.3) is 6.08 Å². The summed E-state index contributed by atoms with van der Waals surface area (Å²) in [6.45, 7) is -0.232. The van der Waals surface area contributed by atoms with Gasteiger partial charge in [0.05, 0.1) is 4.91 Å². The Kier molecular flexibility index (Phi) is 5.37.